The van der Waals surface area contributed by atoms with E-state index in [0.29, 0.717) is 37.0 Å². The standard InChI is InChI=1S/C21H24F2N4O2/c22-17-3-1-2-16(20(17)23)12-26-9-6-14(7-10-26)15-8-11-27(13-15)21(29)18-4-5-19(28)25-24-18/h1-5,14-15H,6-13H2,(H,25,28)/t15-/m1/s1. The molecule has 1 N–H and O–H groups in total. The number of halogens is 2. The summed E-state index contributed by atoms with van der Waals surface area (Å²) in [6.45, 7) is 3.49. The molecule has 0 radical (unpaired) electrons. The summed E-state index contributed by atoms with van der Waals surface area (Å²) in [4.78, 5) is 27.7. The number of nitrogens with zero attached hydrogens (tertiary/aromatic N) is 3. The molecule has 29 heavy (non-hydrogen) atoms. The number of piperidine rings is 1. The lowest BCUT2D eigenvalue weighted by Crippen LogP contribution is -2.37. The van der Waals surface area contributed by atoms with E-state index >= 15 is 0 Å². The van der Waals surface area contributed by atoms with Crippen molar-refractivity contribution in [2.75, 3.05) is 26.2 Å². The number of H-pyrrole nitrogens is 1. The van der Waals surface area contributed by atoms with E-state index in [2.05, 4.69) is 15.1 Å². The van der Waals surface area contributed by atoms with E-state index in [1.807, 2.05) is 0 Å². The largest absolute Gasteiger partial charge is 0.337 e. The number of hydrogen-bond donors (Lipinski definition) is 1. The predicted molar refractivity (Wildman–Crippen MR) is 103 cm³/mol. The van der Waals surface area contributed by atoms with Gasteiger partial charge in [-0.3, -0.25) is 14.5 Å². The van der Waals surface area contributed by atoms with E-state index in [1.54, 1.807) is 17.0 Å². The Bertz CT molecular complexity index is 920. The molecular weight excluding hydrogens is 378 g/mol. The molecule has 0 saturated carbocycles. The average molecular weight is 402 g/mol. The maximum absolute atomic E-state index is 13.9. The summed E-state index contributed by atoms with van der Waals surface area (Å²) >= 11 is 0. The molecule has 2 aromatic rings. The SMILES string of the molecule is O=C(c1ccc(=O)[nH]n1)N1CC[C@@H](C2CCN(Cc3cccc(F)c3F)CC2)C1. The van der Waals surface area contributed by atoms with Gasteiger partial charge in [0.25, 0.3) is 11.5 Å². The molecule has 1 atom stereocenters. The number of carbonyl (C=O) groups excluding carboxylic acids is 1. The topological polar surface area (TPSA) is 69.3 Å². The maximum Gasteiger partial charge on any atom is 0.274 e. The van der Waals surface area contributed by atoms with Crippen molar-refractivity contribution in [3.8, 4) is 0 Å². The number of aromatic amines is 1. The van der Waals surface area contributed by atoms with Gasteiger partial charge in [0.05, 0.1) is 0 Å². The van der Waals surface area contributed by atoms with Gasteiger partial charge in [-0.15, -0.1) is 0 Å². The first-order valence-electron chi connectivity index (χ1n) is 10.0. The summed E-state index contributed by atoms with van der Waals surface area (Å²) in [5, 5.41) is 6.13. The fraction of sp³-hybridized carbons (Fsp3) is 0.476. The van der Waals surface area contributed by atoms with Crippen molar-refractivity contribution >= 4 is 5.91 Å². The van der Waals surface area contributed by atoms with Gasteiger partial charge in [0.1, 0.15) is 5.69 Å². The van der Waals surface area contributed by atoms with Gasteiger partial charge < -0.3 is 4.90 Å². The van der Waals surface area contributed by atoms with Crippen LogP contribution >= 0.6 is 0 Å². The van der Waals surface area contributed by atoms with Crippen LogP contribution in [0.25, 0.3) is 0 Å². The van der Waals surface area contributed by atoms with E-state index < -0.39 is 11.6 Å². The minimum absolute atomic E-state index is 0.150. The van der Waals surface area contributed by atoms with E-state index in [9.17, 15) is 18.4 Å². The molecule has 8 heteroatoms. The quantitative estimate of drug-likeness (QED) is 0.853. The smallest absolute Gasteiger partial charge is 0.274 e. The molecule has 154 valence electrons. The second kappa shape index (κ2) is 8.41. The van der Waals surface area contributed by atoms with Crippen LogP contribution in [0.4, 0.5) is 8.78 Å². The highest BCUT2D eigenvalue weighted by Crippen LogP contribution is 2.32. The zero-order valence-electron chi connectivity index (χ0n) is 16.1. The number of likely N-dealkylation sites (tertiary alicyclic amines) is 2. The third-order valence-electron chi connectivity index (χ3n) is 6.13. The van der Waals surface area contributed by atoms with Crippen LogP contribution in [0.15, 0.2) is 35.1 Å². The molecule has 0 bridgehead atoms. The zero-order valence-corrected chi connectivity index (χ0v) is 16.1. The summed E-state index contributed by atoms with van der Waals surface area (Å²) in [5.41, 5.74) is 0.331. The molecular formula is C21H24F2N4O2. The Morgan fingerprint density at radius 3 is 2.55 bits per heavy atom. The first kappa shape index (κ1) is 19.7. The van der Waals surface area contributed by atoms with Crippen molar-refractivity contribution in [3.63, 3.8) is 0 Å². The Morgan fingerprint density at radius 2 is 1.83 bits per heavy atom. The van der Waals surface area contributed by atoms with Crippen molar-refractivity contribution < 1.29 is 13.6 Å². The normalized spacial score (nSPS) is 20.9. The van der Waals surface area contributed by atoms with E-state index in [4.69, 9.17) is 0 Å². The van der Waals surface area contributed by atoms with Gasteiger partial charge in [-0.05, 0) is 56.3 Å². The first-order valence-corrected chi connectivity index (χ1v) is 10.0. The predicted octanol–water partition coefficient (Wildman–Crippen LogP) is 2.42. The second-order valence-corrected chi connectivity index (χ2v) is 7.93. The van der Waals surface area contributed by atoms with E-state index in [-0.39, 0.29) is 17.2 Å². The molecule has 2 fully saturated rings. The molecule has 6 nitrogen and oxygen atoms in total. The lowest BCUT2D eigenvalue weighted by Gasteiger charge is -2.34. The Morgan fingerprint density at radius 1 is 1.07 bits per heavy atom. The molecule has 1 aromatic heterocycles. The summed E-state index contributed by atoms with van der Waals surface area (Å²) in [6.07, 6.45) is 2.93. The number of carbonyl (C=O) groups is 1. The Hall–Kier alpha value is -2.61. The summed E-state index contributed by atoms with van der Waals surface area (Å²) in [5.74, 6) is -0.747. The van der Waals surface area contributed by atoms with Crippen molar-refractivity contribution in [1.29, 1.82) is 0 Å². The molecule has 0 unspecified atom stereocenters. The van der Waals surface area contributed by atoms with Crippen molar-refractivity contribution in [2.45, 2.75) is 25.8 Å². The minimum Gasteiger partial charge on any atom is -0.337 e. The van der Waals surface area contributed by atoms with E-state index in [1.165, 1.54) is 12.1 Å². The number of benzene rings is 1. The lowest BCUT2D eigenvalue weighted by atomic mass is 9.83. The number of hydrogen-bond acceptors (Lipinski definition) is 4. The van der Waals surface area contributed by atoms with E-state index in [0.717, 1.165) is 38.4 Å². The first-order chi connectivity index (χ1) is 14.0. The van der Waals surface area contributed by atoms with Crippen molar-refractivity contribution in [2.24, 2.45) is 11.8 Å². The van der Waals surface area contributed by atoms with Crippen LogP contribution in [-0.4, -0.2) is 52.1 Å². The molecule has 0 spiro atoms. The lowest BCUT2D eigenvalue weighted by molar-refractivity contribution is 0.0765. The number of rotatable bonds is 4. The monoisotopic (exact) mass is 402 g/mol. The fourth-order valence-electron chi connectivity index (χ4n) is 4.48. The molecule has 1 amide bonds. The van der Waals surface area contributed by atoms with Crippen LogP contribution in [0.3, 0.4) is 0 Å². The van der Waals surface area contributed by atoms with Gasteiger partial charge in [-0.1, -0.05) is 12.1 Å². The third kappa shape index (κ3) is 4.37. The molecule has 4 rings (SSSR count). The number of amides is 1. The van der Waals surface area contributed by atoms with Crippen LogP contribution in [0.2, 0.25) is 0 Å². The highest BCUT2D eigenvalue weighted by Gasteiger charge is 2.34. The Kier molecular flexibility index (Phi) is 5.71. The van der Waals surface area contributed by atoms with Crippen LogP contribution in [0, 0.1) is 23.5 Å². The van der Waals surface area contributed by atoms with Crippen molar-refractivity contribution in [3.05, 3.63) is 63.6 Å². The third-order valence-corrected chi connectivity index (χ3v) is 6.13. The second-order valence-electron chi connectivity index (χ2n) is 7.93. The van der Waals surface area contributed by atoms with Crippen LogP contribution < -0.4 is 5.56 Å². The van der Waals surface area contributed by atoms with Gasteiger partial charge in [-0.2, -0.15) is 5.10 Å². The molecule has 0 aliphatic carbocycles. The molecule has 2 saturated heterocycles. The van der Waals surface area contributed by atoms with Crippen LogP contribution in [-0.2, 0) is 6.54 Å². The highest BCUT2D eigenvalue weighted by molar-refractivity contribution is 5.92. The zero-order chi connectivity index (χ0) is 20.4. The van der Waals surface area contributed by atoms with Crippen molar-refractivity contribution in [1.82, 2.24) is 20.0 Å². The Labute approximate surface area is 167 Å². The van der Waals surface area contributed by atoms with Gasteiger partial charge >= 0.3 is 0 Å². The fourth-order valence-corrected chi connectivity index (χ4v) is 4.48. The minimum atomic E-state index is -0.801. The van der Waals surface area contributed by atoms with Gasteiger partial charge in [0.15, 0.2) is 11.6 Å². The summed E-state index contributed by atoms with van der Waals surface area (Å²) < 4.78 is 27.3. The van der Waals surface area contributed by atoms with Gasteiger partial charge in [0.2, 0.25) is 0 Å². The van der Waals surface area contributed by atoms with Crippen LogP contribution in [0.1, 0.15) is 35.3 Å². The van der Waals surface area contributed by atoms with Gasteiger partial charge in [-0.25, -0.2) is 13.9 Å². The number of nitrogens with one attached hydrogen (secondary N) is 1. The molecule has 1 aromatic carbocycles. The highest BCUT2D eigenvalue weighted by atomic mass is 19.2. The maximum atomic E-state index is 13.9. The Balaban J connectivity index is 1.29. The average Bonchev–Trinajstić information content (AvgIpc) is 3.22. The molecule has 2 aliphatic rings. The molecule has 3 heterocycles. The van der Waals surface area contributed by atoms with Crippen LogP contribution in [0.5, 0.6) is 0 Å². The summed E-state index contributed by atoms with van der Waals surface area (Å²) in [6, 6.07) is 7.09. The molecule has 2 aliphatic heterocycles. The summed E-state index contributed by atoms with van der Waals surface area (Å²) in [7, 11) is 0. The number of aromatic nitrogens is 2. The van der Waals surface area contributed by atoms with Gasteiger partial charge in [0, 0.05) is 31.3 Å².